The van der Waals surface area contributed by atoms with Gasteiger partial charge < -0.3 is 10.8 Å². The second-order valence-corrected chi connectivity index (χ2v) is 7.22. The average Bonchev–Trinajstić information content (AvgIpc) is 2.50. The Labute approximate surface area is 144 Å². The molecule has 0 aliphatic carbocycles. The minimum absolute atomic E-state index is 0. The zero-order chi connectivity index (χ0) is 15.7. The summed E-state index contributed by atoms with van der Waals surface area (Å²) in [6.07, 6.45) is 5.40. The highest BCUT2D eigenvalue weighted by atomic mass is 35.5. The van der Waals surface area contributed by atoms with Crippen LogP contribution in [0.4, 0.5) is 0 Å². The summed E-state index contributed by atoms with van der Waals surface area (Å²) < 4.78 is -0.421. The normalized spacial score (nSPS) is 14.7. The van der Waals surface area contributed by atoms with E-state index in [0.717, 1.165) is 25.0 Å². The molecule has 0 saturated carbocycles. The number of halogens is 1. The maximum Gasteiger partial charge on any atom is 0.321 e. The van der Waals surface area contributed by atoms with Gasteiger partial charge in [-0.15, -0.1) is 24.2 Å². The molecule has 1 aromatic rings. The molecule has 2 atom stereocenters. The van der Waals surface area contributed by atoms with E-state index < -0.39 is 16.8 Å². The highest BCUT2D eigenvalue weighted by Gasteiger charge is 2.36. The van der Waals surface area contributed by atoms with Crippen molar-refractivity contribution in [3.8, 4) is 0 Å². The van der Waals surface area contributed by atoms with Gasteiger partial charge in [-0.25, -0.2) is 0 Å². The van der Waals surface area contributed by atoms with E-state index in [2.05, 4.69) is 19.1 Å². The van der Waals surface area contributed by atoms with E-state index >= 15 is 0 Å². The van der Waals surface area contributed by atoms with Crippen molar-refractivity contribution in [2.75, 3.05) is 0 Å². The number of thioether (sulfide) groups is 1. The minimum Gasteiger partial charge on any atom is -0.480 e. The molecular weight excluding hydrogens is 318 g/mol. The molecule has 0 aliphatic rings. The van der Waals surface area contributed by atoms with Crippen LogP contribution >= 0.6 is 24.2 Å². The summed E-state index contributed by atoms with van der Waals surface area (Å²) in [5.74, 6) is -0.111. The van der Waals surface area contributed by atoms with Crippen molar-refractivity contribution in [2.45, 2.75) is 62.5 Å². The molecule has 0 aromatic heterocycles. The smallest absolute Gasteiger partial charge is 0.321 e. The van der Waals surface area contributed by atoms with E-state index in [9.17, 15) is 9.90 Å². The van der Waals surface area contributed by atoms with Gasteiger partial charge in [0.15, 0.2) is 0 Å². The molecule has 2 unspecified atom stereocenters. The molecule has 0 aliphatic heterocycles. The van der Waals surface area contributed by atoms with Gasteiger partial charge in [-0.05, 0) is 18.9 Å². The molecule has 3 nitrogen and oxygen atoms in total. The fraction of sp³-hybridized carbons (Fsp3) is 0.588. The topological polar surface area (TPSA) is 63.3 Å². The molecule has 0 saturated heterocycles. The van der Waals surface area contributed by atoms with Crippen molar-refractivity contribution in [3.05, 3.63) is 35.9 Å². The van der Waals surface area contributed by atoms with E-state index in [-0.39, 0.29) is 12.4 Å². The summed E-state index contributed by atoms with van der Waals surface area (Å²) in [6, 6.07) is 9.30. The number of aliphatic carboxylic acids is 1. The molecular formula is C17H28ClNO2S. The van der Waals surface area contributed by atoms with Gasteiger partial charge in [0.25, 0.3) is 0 Å². The van der Waals surface area contributed by atoms with Crippen LogP contribution < -0.4 is 5.73 Å². The van der Waals surface area contributed by atoms with E-state index in [1.165, 1.54) is 18.4 Å². The SMILES string of the molecule is CCCCCCC(C)(SCc1ccccc1)C(N)C(=O)O.Cl. The van der Waals surface area contributed by atoms with Crippen LogP contribution in [0, 0.1) is 0 Å². The zero-order valence-electron chi connectivity index (χ0n) is 13.5. The molecule has 5 heteroatoms. The Morgan fingerprint density at radius 2 is 1.91 bits per heavy atom. The summed E-state index contributed by atoms with van der Waals surface area (Å²) >= 11 is 1.67. The lowest BCUT2D eigenvalue weighted by molar-refractivity contribution is -0.139. The fourth-order valence-corrected chi connectivity index (χ4v) is 3.56. The van der Waals surface area contributed by atoms with Gasteiger partial charge in [0.2, 0.25) is 0 Å². The summed E-state index contributed by atoms with van der Waals surface area (Å²) in [4.78, 5) is 11.3. The summed E-state index contributed by atoms with van der Waals surface area (Å²) in [7, 11) is 0. The zero-order valence-corrected chi connectivity index (χ0v) is 15.1. The van der Waals surface area contributed by atoms with E-state index in [1.54, 1.807) is 11.8 Å². The van der Waals surface area contributed by atoms with Gasteiger partial charge in [0.1, 0.15) is 6.04 Å². The molecule has 126 valence electrons. The Hall–Kier alpha value is -0.710. The van der Waals surface area contributed by atoms with Gasteiger partial charge >= 0.3 is 5.97 Å². The van der Waals surface area contributed by atoms with Crippen molar-refractivity contribution in [1.29, 1.82) is 0 Å². The fourth-order valence-electron chi connectivity index (χ4n) is 2.30. The Kier molecular flexibility index (Phi) is 10.6. The third-order valence-corrected chi connectivity index (χ3v) is 5.46. The van der Waals surface area contributed by atoms with Crippen LogP contribution in [-0.2, 0) is 10.5 Å². The predicted molar refractivity (Wildman–Crippen MR) is 97.8 cm³/mol. The van der Waals surface area contributed by atoms with Crippen LogP contribution in [0.25, 0.3) is 0 Å². The second-order valence-electron chi connectivity index (χ2n) is 5.71. The number of unbranched alkanes of at least 4 members (excludes halogenated alkanes) is 3. The van der Waals surface area contributed by atoms with Crippen molar-refractivity contribution >= 4 is 30.1 Å². The molecule has 1 aromatic carbocycles. The van der Waals surface area contributed by atoms with Crippen molar-refractivity contribution in [1.82, 2.24) is 0 Å². The van der Waals surface area contributed by atoms with Crippen molar-refractivity contribution < 1.29 is 9.90 Å². The van der Waals surface area contributed by atoms with Crippen LogP contribution in [0.15, 0.2) is 30.3 Å². The van der Waals surface area contributed by atoms with Crippen LogP contribution in [-0.4, -0.2) is 21.9 Å². The molecule has 22 heavy (non-hydrogen) atoms. The second kappa shape index (κ2) is 10.9. The van der Waals surface area contributed by atoms with E-state index in [0.29, 0.717) is 0 Å². The first-order valence-electron chi connectivity index (χ1n) is 7.66. The van der Waals surface area contributed by atoms with Gasteiger partial charge in [-0.2, -0.15) is 0 Å². The summed E-state index contributed by atoms with van der Waals surface area (Å²) in [5.41, 5.74) is 7.16. The number of carboxylic acid groups (broad SMARTS) is 1. The molecule has 0 amide bonds. The molecule has 0 spiro atoms. The van der Waals surface area contributed by atoms with Crippen molar-refractivity contribution in [2.24, 2.45) is 5.73 Å². The lowest BCUT2D eigenvalue weighted by Gasteiger charge is -2.32. The number of carboxylic acids is 1. The first-order valence-corrected chi connectivity index (χ1v) is 8.64. The highest BCUT2D eigenvalue weighted by Crippen LogP contribution is 2.36. The minimum atomic E-state index is -0.909. The lowest BCUT2D eigenvalue weighted by atomic mass is 9.94. The number of nitrogens with two attached hydrogens (primary N) is 1. The van der Waals surface area contributed by atoms with Gasteiger partial charge in [0.05, 0.1) is 0 Å². The Bertz CT molecular complexity index is 430. The molecule has 0 bridgehead atoms. The van der Waals surface area contributed by atoms with Crippen LogP contribution in [0.5, 0.6) is 0 Å². The van der Waals surface area contributed by atoms with Gasteiger partial charge in [0, 0.05) is 10.5 Å². The van der Waals surface area contributed by atoms with Crippen LogP contribution in [0.1, 0.15) is 51.5 Å². The predicted octanol–water partition coefficient (Wildman–Crippen LogP) is 4.48. The van der Waals surface area contributed by atoms with Crippen molar-refractivity contribution in [3.63, 3.8) is 0 Å². The summed E-state index contributed by atoms with van der Waals surface area (Å²) in [6.45, 7) is 4.16. The quantitative estimate of drug-likeness (QED) is 0.613. The summed E-state index contributed by atoms with van der Waals surface area (Å²) in [5, 5.41) is 9.28. The van der Waals surface area contributed by atoms with Crippen LogP contribution in [0.2, 0.25) is 0 Å². The van der Waals surface area contributed by atoms with E-state index in [1.807, 2.05) is 25.1 Å². The molecule has 3 N–H and O–H groups in total. The standard InChI is InChI=1S/C17H27NO2S.ClH/c1-3-4-5-9-12-17(2,15(18)16(19)20)21-13-14-10-7-6-8-11-14;/h6-8,10-11,15H,3-5,9,12-13,18H2,1-2H3,(H,19,20);1H. The average molecular weight is 346 g/mol. The number of hydrogen-bond acceptors (Lipinski definition) is 3. The molecule has 0 heterocycles. The van der Waals surface area contributed by atoms with E-state index in [4.69, 9.17) is 5.73 Å². The first kappa shape index (κ1) is 21.3. The maximum absolute atomic E-state index is 11.3. The number of hydrogen-bond donors (Lipinski definition) is 2. The largest absolute Gasteiger partial charge is 0.480 e. The Morgan fingerprint density at radius 1 is 1.27 bits per heavy atom. The van der Waals surface area contributed by atoms with Crippen LogP contribution in [0.3, 0.4) is 0 Å². The molecule has 1 rings (SSSR count). The maximum atomic E-state index is 11.3. The Balaban J connectivity index is 0.00000441. The first-order chi connectivity index (χ1) is 9.99. The Morgan fingerprint density at radius 3 is 2.45 bits per heavy atom. The molecule has 0 radical (unpaired) electrons. The van der Waals surface area contributed by atoms with Gasteiger partial charge in [-0.1, -0.05) is 62.9 Å². The lowest BCUT2D eigenvalue weighted by Crippen LogP contribution is -2.48. The number of carbonyl (C=O) groups is 1. The third-order valence-electron chi connectivity index (χ3n) is 3.86. The third kappa shape index (κ3) is 7.03. The van der Waals surface area contributed by atoms with Gasteiger partial charge in [-0.3, -0.25) is 4.79 Å². The number of rotatable bonds is 10. The highest BCUT2D eigenvalue weighted by molar-refractivity contribution is 8.00. The monoisotopic (exact) mass is 345 g/mol. The molecule has 0 fully saturated rings. The number of benzene rings is 1.